The first-order valence-electron chi connectivity index (χ1n) is 22.0. The molecule has 0 bridgehead atoms. The Morgan fingerprint density at radius 2 is 0.754 bits per heavy atom. The Labute approximate surface area is 362 Å². The maximum atomic E-state index is 2.54. The minimum absolute atomic E-state index is 0.0156. The van der Waals surface area contributed by atoms with Gasteiger partial charge in [0.25, 0.3) is 0 Å². The van der Waals surface area contributed by atoms with E-state index in [1.165, 1.54) is 89.0 Å². The van der Waals surface area contributed by atoms with E-state index < -0.39 is 5.41 Å². The number of hydrogen-bond acceptors (Lipinski definition) is 1. The standard InChI is InChI=1S/C60H53N/c1-57(2,3)40-24-32-53-49(34-40)46-19-13-15-21-52(46)60(53)54-33-25-41(58(4,5)6)35-50(54)48-31-29-44(37-56(48)60)61(42-26-22-39(23-27-42)38-16-10-9-11-17-38)43-28-30-47-45-18-12-14-20-51(45)59(7,8)55(47)36-43/h9-37H,1-8H3. The maximum Gasteiger partial charge on any atom is 0.0726 e. The third-order valence-electron chi connectivity index (χ3n) is 14.2. The summed E-state index contributed by atoms with van der Waals surface area (Å²) in [5, 5.41) is 0. The molecule has 1 unspecified atom stereocenters. The van der Waals surface area contributed by atoms with E-state index in [2.05, 4.69) is 236 Å². The molecule has 3 aliphatic carbocycles. The molecule has 0 heterocycles. The summed E-state index contributed by atoms with van der Waals surface area (Å²) < 4.78 is 0. The third-order valence-corrected chi connectivity index (χ3v) is 14.2. The van der Waals surface area contributed by atoms with E-state index in [1.807, 2.05) is 0 Å². The quantitative estimate of drug-likeness (QED) is 0.172. The van der Waals surface area contributed by atoms with E-state index in [-0.39, 0.29) is 16.2 Å². The fourth-order valence-electron chi connectivity index (χ4n) is 11.0. The number of hydrogen-bond donors (Lipinski definition) is 0. The number of nitrogens with zero attached hydrogens (tertiary/aromatic N) is 1. The molecule has 0 N–H and O–H groups in total. The van der Waals surface area contributed by atoms with Gasteiger partial charge in [0.2, 0.25) is 0 Å². The Morgan fingerprint density at radius 1 is 0.328 bits per heavy atom. The minimum Gasteiger partial charge on any atom is -0.310 e. The van der Waals surface area contributed by atoms with Gasteiger partial charge >= 0.3 is 0 Å². The van der Waals surface area contributed by atoms with Gasteiger partial charge in [0.1, 0.15) is 0 Å². The SMILES string of the molecule is CC(C)(C)c1ccc2c(c1)-c1ccccc1C21c2ccc(C(C)(C)C)cc2-c2ccc(N(c3ccc(-c4ccccc4)cc3)c3ccc4c(c3)C(C)(C)c3ccccc3-4)cc21. The van der Waals surface area contributed by atoms with E-state index in [1.54, 1.807) is 0 Å². The van der Waals surface area contributed by atoms with Crippen LogP contribution in [0.3, 0.4) is 0 Å². The topological polar surface area (TPSA) is 3.24 Å². The van der Waals surface area contributed by atoms with Crippen LogP contribution in [0.2, 0.25) is 0 Å². The third kappa shape index (κ3) is 5.46. The van der Waals surface area contributed by atoms with Gasteiger partial charge in [-0.1, -0.05) is 195 Å². The summed E-state index contributed by atoms with van der Waals surface area (Å²) in [6.07, 6.45) is 0. The van der Waals surface area contributed by atoms with Crippen LogP contribution in [0.4, 0.5) is 17.1 Å². The van der Waals surface area contributed by atoms with Gasteiger partial charge in [-0.15, -0.1) is 0 Å². The van der Waals surface area contributed by atoms with Crippen LogP contribution in [-0.2, 0) is 21.7 Å². The molecule has 1 atom stereocenters. The molecule has 0 amide bonds. The van der Waals surface area contributed by atoms with Crippen molar-refractivity contribution in [2.45, 2.75) is 77.0 Å². The summed E-state index contributed by atoms with van der Waals surface area (Å²) >= 11 is 0. The lowest BCUT2D eigenvalue weighted by atomic mass is 9.70. The van der Waals surface area contributed by atoms with Crippen molar-refractivity contribution in [2.24, 2.45) is 0 Å². The number of fused-ring (bicyclic) bond motifs is 13. The lowest BCUT2D eigenvalue weighted by Crippen LogP contribution is -2.26. The summed E-state index contributed by atoms with van der Waals surface area (Å²) in [5.74, 6) is 0. The van der Waals surface area contributed by atoms with E-state index in [0.29, 0.717) is 0 Å². The van der Waals surface area contributed by atoms with Crippen molar-refractivity contribution >= 4 is 17.1 Å². The molecule has 0 saturated carbocycles. The molecule has 0 aliphatic heterocycles. The second-order valence-corrected chi connectivity index (χ2v) is 20.2. The van der Waals surface area contributed by atoms with Crippen molar-refractivity contribution in [1.82, 2.24) is 0 Å². The summed E-state index contributed by atoms with van der Waals surface area (Å²) in [6.45, 7) is 18.7. The van der Waals surface area contributed by atoms with Gasteiger partial charge in [0.15, 0.2) is 0 Å². The first kappa shape index (κ1) is 37.6. The number of benzene rings is 8. The molecule has 298 valence electrons. The van der Waals surface area contributed by atoms with Crippen molar-refractivity contribution < 1.29 is 0 Å². The molecule has 0 radical (unpaired) electrons. The highest BCUT2D eigenvalue weighted by atomic mass is 15.1. The fraction of sp³-hybridized carbons (Fsp3) is 0.200. The average Bonchev–Trinajstić information content (AvgIpc) is 3.81. The molecule has 0 saturated heterocycles. The van der Waals surface area contributed by atoms with Crippen LogP contribution in [0.25, 0.3) is 44.5 Å². The average molecular weight is 788 g/mol. The van der Waals surface area contributed by atoms with Gasteiger partial charge < -0.3 is 4.90 Å². The van der Waals surface area contributed by atoms with E-state index in [9.17, 15) is 0 Å². The molecule has 3 aliphatic rings. The Bertz CT molecular complexity index is 3050. The van der Waals surface area contributed by atoms with Gasteiger partial charge in [-0.3, -0.25) is 0 Å². The zero-order chi connectivity index (χ0) is 42.1. The highest BCUT2D eigenvalue weighted by Gasteiger charge is 2.52. The van der Waals surface area contributed by atoms with Crippen LogP contribution in [0, 0.1) is 0 Å². The fourth-order valence-corrected chi connectivity index (χ4v) is 11.0. The monoisotopic (exact) mass is 787 g/mol. The molecule has 8 aromatic carbocycles. The van der Waals surface area contributed by atoms with Crippen molar-refractivity contribution in [3.8, 4) is 44.5 Å². The maximum absolute atomic E-state index is 2.54. The summed E-state index contributed by atoms with van der Waals surface area (Å²) in [4.78, 5) is 2.50. The lowest BCUT2D eigenvalue weighted by Gasteiger charge is -2.33. The molecule has 0 fully saturated rings. The second-order valence-electron chi connectivity index (χ2n) is 20.2. The summed E-state index contributed by atoms with van der Waals surface area (Å²) in [5.41, 5.74) is 24.3. The number of anilines is 3. The Balaban J connectivity index is 1.17. The molecular formula is C60H53N. The number of rotatable bonds is 4. The Kier molecular flexibility index (Phi) is 8.02. The van der Waals surface area contributed by atoms with E-state index in [0.717, 1.165) is 17.1 Å². The molecular weight excluding hydrogens is 735 g/mol. The minimum atomic E-state index is -0.468. The van der Waals surface area contributed by atoms with Crippen LogP contribution >= 0.6 is 0 Å². The largest absolute Gasteiger partial charge is 0.310 e. The second kappa shape index (κ2) is 13.0. The zero-order valence-electron chi connectivity index (χ0n) is 36.7. The van der Waals surface area contributed by atoms with Crippen LogP contribution in [0.1, 0.15) is 99.9 Å². The van der Waals surface area contributed by atoms with Crippen molar-refractivity contribution in [3.63, 3.8) is 0 Å². The van der Waals surface area contributed by atoms with Crippen LogP contribution in [0.15, 0.2) is 176 Å². The van der Waals surface area contributed by atoms with Crippen molar-refractivity contribution in [2.75, 3.05) is 4.90 Å². The predicted molar refractivity (Wildman–Crippen MR) is 258 cm³/mol. The lowest BCUT2D eigenvalue weighted by molar-refractivity contribution is 0.589. The molecule has 0 aromatic heterocycles. The van der Waals surface area contributed by atoms with Gasteiger partial charge in [-0.2, -0.15) is 0 Å². The summed E-state index contributed by atoms with van der Waals surface area (Å²) in [6, 6.07) is 67.2. The Morgan fingerprint density at radius 3 is 1.33 bits per heavy atom. The van der Waals surface area contributed by atoms with Crippen LogP contribution in [0.5, 0.6) is 0 Å². The van der Waals surface area contributed by atoms with Crippen LogP contribution < -0.4 is 4.90 Å². The molecule has 1 nitrogen and oxygen atoms in total. The zero-order valence-corrected chi connectivity index (χ0v) is 36.7. The molecule has 1 spiro atoms. The van der Waals surface area contributed by atoms with Crippen molar-refractivity contribution in [1.29, 1.82) is 0 Å². The smallest absolute Gasteiger partial charge is 0.0726 e. The Hall–Kier alpha value is -6.44. The van der Waals surface area contributed by atoms with E-state index in [4.69, 9.17) is 0 Å². The van der Waals surface area contributed by atoms with Gasteiger partial charge in [0.05, 0.1) is 5.41 Å². The van der Waals surface area contributed by atoms with Crippen molar-refractivity contribution in [3.05, 3.63) is 220 Å². The molecule has 1 heteroatoms. The van der Waals surface area contributed by atoms with Gasteiger partial charge in [0, 0.05) is 22.5 Å². The molecule has 61 heavy (non-hydrogen) atoms. The first-order valence-corrected chi connectivity index (χ1v) is 22.0. The highest BCUT2D eigenvalue weighted by molar-refractivity contribution is 5.97. The highest BCUT2D eigenvalue weighted by Crippen LogP contribution is 2.64. The summed E-state index contributed by atoms with van der Waals surface area (Å²) in [7, 11) is 0. The van der Waals surface area contributed by atoms with Crippen LogP contribution in [-0.4, -0.2) is 0 Å². The van der Waals surface area contributed by atoms with Gasteiger partial charge in [-0.05, 0) is 136 Å². The first-order chi connectivity index (χ1) is 29.3. The van der Waals surface area contributed by atoms with Gasteiger partial charge in [-0.25, -0.2) is 0 Å². The molecule has 11 rings (SSSR count). The molecule has 8 aromatic rings. The predicted octanol–water partition coefficient (Wildman–Crippen LogP) is 16.1. The normalized spacial score (nSPS) is 16.4. The van der Waals surface area contributed by atoms with E-state index >= 15 is 0 Å².